The Morgan fingerprint density at radius 1 is 1.29 bits per heavy atom. The summed E-state index contributed by atoms with van der Waals surface area (Å²) in [5, 5.41) is 10.7. The zero-order valence-corrected chi connectivity index (χ0v) is 20.8. The fraction of sp³-hybridized carbons (Fsp3) is 0.500. The van der Waals surface area contributed by atoms with Crippen molar-refractivity contribution < 1.29 is 23.4 Å². The molecule has 7 nitrogen and oxygen atoms in total. The van der Waals surface area contributed by atoms with Crippen LogP contribution in [0.15, 0.2) is 52.6 Å². The predicted molar refractivity (Wildman–Crippen MR) is 134 cm³/mol. The quantitative estimate of drug-likeness (QED) is 0.320. The van der Waals surface area contributed by atoms with Crippen LogP contribution in [0.5, 0.6) is 5.75 Å². The van der Waals surface area contributed by atoms with E-state index < -0.39 is 12.1 Å². The SMILES string of the molecule is COc1ccc2nccc([C@@H](F)CCC3CCN(CCSc4ncco4)CC3CCC(=O)O)c2c1. The normalized spacial score (nSPS) is 19.6. The van der Waals surface area contributed by atoms with Crippen LogP contribution in [-0.2, 0) is 4.79 Å². The van der Waals surface area contributed by atoms with Gasteiger partial charge >= 0.3 is 5.97 Å². The molecule has 1 aromatic carbocycles. The number of ether oxygens (including phenoxy) is 1. The van der Waals surface area contributed by atoms with Gasteiger partial charge in [0.1, 0.15) is 18.2 Å². The summed E-state index contributed by atoms with van der Waals surface area (Å²) in [7, 11) is 1.60. The number of likely N-dealkylation sites (tertiary alicyclic amines) is 1. The van der Waals surface area contributed by atoms with Gasteiger partial charge in [-0.3, -0.25) is 9.78 Å². The number of halogens is 1. The molecular weight excluding hydrogens is 469 g/mol. The average molecular weight is 502 g/mol. The average Bonchev–Trinajstić information content (AvgIpc) is 3.39. The van der Waals surface area contributed by atoms with Crippen molar-refractivity contribution in [2.75, 3.05) is 32.5 Å². The number of fused-ring (bicyclic) bond motifs is 1. The Labute approximate surface area is 209 Å². The molecule has 188 valence electrons. The number of alkyl halides is 1. The minimum Gasteiger partial charge on any atom is -0.497 e. The number of hydrogen-bond acceptors (Lipinski definition) is 7. The molecule has 2 aromatic heterocycles. The van der Waals surface area contributed by atoms with Crippen LogP contribution in [0.3, 0.4) is 0 Å². The van der Waals surface area contributed by atoms with Crippen LogP contribution in [0.1, 0.15) is 43.8 Å². The van der Waals surface area contributed by atoms with Gasteiger partial charge in [0.15, 0.2) is 0 Å². The van der Waals surface area contributed by atoms with Gasteiger partial charge in [-0.25, -0.2) is 9.37 Å². The molecule has 1 aliphatic rings. The van der Waals surface area contributed by atoms with Crippen LogP contribution < -0.4 is 4.74 Å². The minimum absolute atomic E-state index is 0.147. The highest BCUT2D eigenvalue weighted by atomic mass is 32.2. The lowest BCUT2D eigenvalue weighted by Gasteiger charge is -2.39. The number of carbonyl (C=O) groups is 1. The largest absolute Gasteiger partial charge is 0.497 e. The Morgan fingerprint density at radius 2 is 2.17 bits per heavy atom. The molecule has 1 N–H and O–H groups in total. The number of methoxy groups -OCH3 is 1. The Hall–Kier alpha value is -2.65. The van der Waals surface area contributed by atoms with Crippen molar-refractivity contribution in [1.82, 2.24) is 14.9 Å². The molecule has 2 unspecified atom stereocenters. The lowest BCUT2D eigenvalue weighted by molar-refractivity contribution is -0.137. The fourth-order valence-electron chi connectivity index (χ4n) is 4.98. The maximum absolute atomic E-state index is 15.5. The summed E-state index contributed by atoms with van der Waals surface area (Å²) in [6.45, 7) is 2.67. The number of aliphatic carboxylic acids is 1. The molecule has 4 rings (SSSR count). The highest BCUT2D eigenvalue weighted by Crippen LogP contribution is 2.36. The standard InChI is InChI=1S/C26H32FN3O4S/c1-33-20-4-6-24-22(16-20)21(8-10-28-24)23(27)5-2-18-9-12-30(17-19(18)3-7-25(31)32)13-15-35-26-29-11-14-34-26/h4,6,8,10-11,14,16,18-19,23H,2-3,5,7,9,12-13,15,17H2,1H3,(H,31,32)/t18?,19?,23-/m0/s1. The van der Waals surface area contributed by atoms with Crippen LogP contribution in [0, 0.1) is 11.8 Å². The first-order valence-electron chi connectivity index (χ1n) is 12.1. The number of hydrogen-bond donors (Lipinski definition) is 1. The maximum Gasteiger partial charge on any atom is 0.303 e. The van der Waals surface area contributed by atoms with Crippen molar-refractivity contribution in [3.63, 3.8) is 0 Å². The third kappa shape index (κ3) is 6.95. The number of aromatic nitrogens is 2. The molecule has 3 heterocycles. The number of piperidine rings is 1. The van der Waals surface area contributed by atoms with Crippen molar-refractivity contribution in [3.05, 3.63) is 48.5 Å². The van der Waals surface area contributed by atoms with Gasteiger partial charge in [-0.1, -0.05) is 11.8 Å². The topological polar surface area (TPSA) is 88.7 Å². The third-order valence-electron chi connectivity index (χ3n) is 6.86. The second-order valence-corrected chi connectivity index (χ2v) is 10.1. The predicted octanol–water partition coefficient (Wildman–Crippen LogP) is 5.62. The zero-order valence-electron chi connectivity index (χ0n) is 19.9. The number of thioether (sulfide) groups is 1. The molecule has 3 aromatic rings. The number of nitrogens with zero attached hydrogens (tertiary/aromatic N) is 3. The number of carboxylic acid groups (broad SMARTS) is 1. The van der Waals surface area contributed by atoms with E-state index in [4.69, 9.17) is 9.15 Å². The Morgan fingerprint density at radius 3 is 2.94 bits per heavy atom. The first-order chi connectivity index (χ1) is 17.0. The van der Waals surface area contributed by atoms with Gasteiger partial charge in [0.2, 0.25) is 0 Å². The molecule has 0 saturated carbocycles. The lowest BCUT2D eigenvalue weighted by Crippen LogP contribution is -2.41. The first-order valence-corrected chi connectivity index (χ1v) is 13.0. The molecular formula is C26H32FN3O4S. The number of oxazole rings is 1. The molecule has 0 spiro atoms. The maximum atomic E-state index is 15.5. The molecule has 0 aliphatic carbocycles. The van der Waals surface area contributed by atoms with Crippen molar-refractivity contribution in [3.8, 4) is 5.75 Å². The number of pyridine rings is 1. The number of rotatable bonds is 12. The van der Waals surface area contributed by atoms with Crippen LogP contribution >= 0.6 is 11.8 Å². The smallest absolute Gasteiger partial charge is 0.303 e. The highest BCUT2D eigenvalue weighted by molar-refractivity contribution is 7.99. The van der Waals surface area contributed by atoms with E-state index in [1.807, 2.05) is 18.2 Å². The van der Waals surface area contributed by atoms with E-state index in [-0.39, 0.29) is 12.3 Å². The van der Waals surface area contributed by atoms with Crippen molar-refractivity contribution in [2.24, 2.45) is 11.8 Å². The molecule has 9 heteroatoms. The van der Waals surface area contributed by atoms with Gasteiger partial charge in [-0.2, -0.15) is 0 Å². The fourth-order valence-corrected chi connectivity index (χ4v) is 5.76. The summed E-state index contributed by atoms with van der Waals surface area (Å²) in [5.74, 6) is 1.32. The first kappa shape index (κ1) is 25.4. The summed E-state index contributed by atoms with van der Waals surface area (Å²) < 4.78 is 26.1. The van der Waals surface area contributed by atoms with Gasteiger partial charge in [-0.15, -0.1) is 0 Å². The minimum atomic E-state index is -1.11. The van der Waals surface area contributed by atoms with E-state index in [1.54, 1.807) is 43.6 Å². The summed E-state index contributed by atoms with van der Waals surface area (Å²) in [4.78, 5) is 22.1. The van der Waals surface area contributed by atoms with Crippen LogP contribution in [-0.4, -0.2) is 58.4 Å². The van der Waals surface area contributed by atoms with E-state index in [0.29, 0.717) is 35.3 Å². The third-order valence-corrected chi connectivity index (χ3v) is 7.69. The lowest BCUT2D eigenvalue weighted by atomic mass is 9.79. The van der Waals surface area contributed by atoms with E-state index in [1.165, 1.54) is 0 Å². The molecule has 0 bridgehead atoms. The van der Waals surface area contributed by atoms with E-state index in [9.17, 15) is 9.90 Å². The van der Waals surface area contributed by atoms with Gasteiger partial charge in [0.05, 0.1) is 18.8 Å². The van der Waals surface area contributed by atoms with Crippen molar-refractivity contribution in [2.45, 2.75) is 43.5 Å². The van der Waals surface area contributed by atoms with E-state index in [2.05, 4.69) is 14.9 Å². The second-order valence-electron chi connectivity index (χ2n) is 9.02. The number of carboxylic acids is 1. The van der Waals surface area contributed by atoms with Crippen LogP contribution in [0.4, 0.5) is 4.39 Å². The second kappa shape index (κ2) is 12.4. The van der Waals surface area contributed by atoms with Gasteiger partial charge in [0, 0.05) is 36.8 Å². The Balaban J connectivity index is 1.36. The zero-order chi connectivity index (χ0) is 24.6. The van der Waals surface area contributed by atoms with E-state index >= 15 is 4.39 Å². The van der Waals surface area contributed by atoms with Gasteiger partial charge < -0.3 is 19.2 Å². The Kier molecular flexibility index (Phi) is 8.98. The molecule has 0 radical (unpaired) electrons. The molecule has 3 atom stereocenters. The number of benzene rings is 1. The van der Waals surface area contributed by atoms with Gasteiger partial charge in [0.25, 0.3) is 5.22 Å². The van der Waals surface area contributed by atoms with Crippen molar-refractivity contribution >= 4 is 28.6 Å². The summed E-state index contributed by atoms with van der Waals surface area (Å²) >= 11 is 1.58. The molecule has 35 heavy (non-hydrogen) atoms. The van der Waals surface area contributed by atoms with E-state index in [0.717, 1.165) is 49.1 Å². The molecule has 0 amide bonds. The van der Waals surface area contributed by atoms with Crippen LogP contribution in [0.25, 0.3) is 10.9 Å². The monoisotopic (exact) mass is 501 g/mol. The summed E-state index contributed by atoms with van der Waals surface area (Å²) in [5.41, 5.74) is 1.39. The van der Waals surface area contributed by atoms with Crippen LogP contribution in [0.2, 0.25) is 0 Å². The molecule has 1 fully saturated rings. The summed E-state index contributed by atoms with van der Waals surface area (Å²) in [6, 6.07) is 7.27. The van der Waals surface area contributed by atoms with Crippen molar-refractivity contribution in [1.29, 1.82) is 0 Å². The van der Waals surface area contributed by atoms with Gasteiger partial charge in [-0.05, 0) is 73.9 Å². The summed E-state index contributed by atoms with van der Waals surface area (Å²) in [6.07, 6.45) is 6.61. The highest BCUT2D eigenvalue weighted by Gasteiger charge is 2.30. The molecule has 1 saturated heterocycles. The Bertz CT molecular complexity index is 1100. The molecule has 1 aliphatic heterocycles.